The number of carbonyl (C=O) groups excluding carboxylic acids is 2. The number of para-hydroxylation sites is 1. The lowest BCUT2D eigenvalue weighted by Crippen LogP contribution is -2.32. The van der Waals surface area contributed by atoms with Gasteiger partial charge in [0.1, 0.15) is 17.9 Å². The van der Waals surface area contributed by atoms with Gasteiger partial charge in [0.25, 0.3) is 17.4 Å². The quantitative estimate of drug-likeness (QED) is 0.636. The predicted octanol–water partition coefficient (Wildman–Crippen LogP) is 1.84. The first kappa shape index (κ1) is 19.7. The van der Waals surface area contributed by atoms with Gasteiger partial charge in [0, 0.05) is 6.20 Å². The number of carbonyl (C=O) groups is 2. The molecule has 0 bridgehead atoms. The van der Waals surface area contributed by atoms with Crippen molar-refractivity contribution in [2.75, 3.05) is 12.4 Å². The van der Waals surface area contributed by atoms with E-state index in [-0.39, 0.29) is 23.4 Å². The SMILES string of the molecule is COc1cccc(COn2cccc(C(=O)Nc3ccccc3C(N)=O)c2=O)c1. The number of primary amides is 1. The molecule has 0 saturated heterocycles. The first-order chi connectivity index (χ1) is 14.0. The molecular weight excluding hydrogens is 374 g/mol. The summed E-state index contributed by atoms with van der Waals surface area (Å²) in [7, 11) is 1.56. The van der Waals surface area contributed by atoms with Crippen LogP contribution < -0.4 is 26.2 Å². The Labute approximate surface area is 166 Å². The maximum atomic E-state index is 12.6. The van der Waals surface area contributed by atoms with Crippen LogP contribution in [0.2, 0.25) is 0 Å². The summed E-state index contributed by atoms with van der Waals surface area (Å²) in [5.41, 5.74) is 5.69. The zero-order valence-corrected chi connectivity index (χ0v) is 15.6. The molecule has 1 aromatic heterocycles. The summed E-state index contributed by atoms with van der Waals surface area (Å²) >= 11 is 0. The molecule has 3 N–H and O–H groups in total. The number of aromatic nitrogens is 1. The Morgan fingerprint density at radius 2 is 1.79 bits per heavy atom. The fourth-order valence-electron chi connectivity index (χ4n) is 2.65. The monoisotopic (exact) mass is 393 g/mol. The van der Waals surface area contributed by atoms with Gasteiger partial charge in [-0.25, -0.2) is 0 Å². The van der Waals surface area contributed by atoms with Crippen LogP contribution in [0.5, 0.6) is 5.75 Å². The van der Waals surface area contributed by atoms with Gasteiger partial charge in [0.2, 0.25) is 0 Å². The van der Waals surface area contributed by atoms with Crippen molar-refractivity contribution in [3.63, 3.8) is 0 Å². The lowest BCUT2D eigenvalue weighted by atomic mass is 10.1. The minimum Gasteiger partial charge on any atom is -0.497 e. The average molecular weight is 393 g/mol. The van der Waals surface area contributed by atoms with E-state index in [2.05, 4.69) is 5.32 Å². The summed E-state index contributed by atoms with van der Waals surface area (Å²) in [5.74, 6) is -0.698. The molecule has 148 valence electrons. The van der Waals surface area contributed by atoms with Crippen LogP contribution in [0.3, 0.4) is 0 Å². The zero-order valence-electron chi connectivity index (χ0n) is 15.6. The molecule has 0 fully saturated rings. The van der Waals surface area contributed by atoms with Crippen LogP contribution in [0.4, 0.5) is 5.69 Å². The van der Waals surface area contributed by atoms with Gasteiger partial charge in [-0.2, -0.15) is 4.73 Å². The molecule has 0 saturated carbocycles. The van der Waals surface area contributed by atoms with Gasteiger partial charge < -0.3 is 20.6 Å². The van der Waals surface area contributed by atoms with Crippen molar-refractivity contribution in [1.29, 1.82) is 0 Å². The summed E-state index contributed by atoms with van der Waals surface area (Å²) in [6.45, 7) is 0.104. The number of benzene rings is 2. The largest absolute Gasteiger partial charge is 0.497 e. The van der Waals surface area contributed by atoms with Crippen molar-refractivity contribution in [3.8, 4) is 5.75 Å². The highest BCUT2D eigenvalue weighted by Gasteiger charge is 2.16. The number of methoxy groups -OCH3 is 1. The van der Waals surface area contributed by atoms with Crippen molar-refractivity contribution in [1.82, 2.24) is 4.73 Å². The zero-order chi connectivity index (χ0) is 20.8. The second-order valence-corrected chi connectivity index (χ2v) is 6.04. The van der Waals surface area contributed by atoms with Crippen molar-refractivity contribution in [3.05, 3.63) is 93.9 Å². The maximum absolute atomic E-state index is 12.6. The highest BCUT2D eigenvalue weighted by Crippen LogP contribution is 2.15. The second-order valence-electron chi connectivity index (χ2n) is 6.04. The number of hydrogen-bond acceptors (Lipinski definition) is 5. The fraction of sp³-hybridized carbons (Fsp3) is 0.0952. The maximum Gasteiger partial charge on any atom is 0.295 e. The van der Waals surface area contributed by atoms with E-state index in [0.717, 1.165) is 10.3 Å². The van der Waals surface area contributed by atoms with E-state index in [0.29, 0.717) is 5.75 Å². The van der Waals surface area contributed by atoms with Crippen LogP contribution in [-0.2, 0) is 6.61 Å². The number of pyridine rings is 1. The Hall–Kier alpha value is -4.07. The molecule has 2 amide bonds. The molecule has 8 nitrogen and oxygen atoms in total. The smallest absolute Gasteiger partial charge is 0.295 e. The molecule has 0 aliphatic heterocycles. The molecule has 8 heteroatoms. The number of ether oxygens (including phenoxy) is 1. The minimum atomic E-state index is -0.687. The van der Waals surface area contributed by atoms with E-state index >= 15 is 0 Å². The van der Waals surface area contributed by atoms with Crippen molar-refractivity contribution < 1.29 is 19.2 Å². The molecule has 29 heavy (non-hydrogen) atoms. The topological polar surface area (TPSA) is 113 Å². The van der Waals surface area contributed by atoms with Crippen LogP contribution >= 0.6 is 0 Å². The van der Waals surface area contributed by atoms with E-state index in [1.807, 2.05) is 6.07 Å². The van der Waals surface area contributed by atoms with Gasteiger partial charge in [-0.15, -0.1) is 0 Å². The summed E-state index contributed by atoms with van der Waals surface area (Å²) in [6, 6.07) is 16.4. The Morgan fingerprint density at radius 3 is 2.55 bits per heavy atom. The van der Waals surface area contributed by atoms with Gasteiger partial charge >= 0.3 is 0 Å². The third-order valence-electron chi connectivity index (χ3n) is 4.10. The summed E-state index contributed by atoms with van der Waals surface area (Å²) in [5, 5.41) is 2.54. The van der Waals surface area contributed by atoms with Crippen molar-refractivity contribution in [2.45, 2.75) is 6.61 Å². The van der Waals surface area contributed by atoms with Crippen LogP contribution in [0.25, 0.3) is 0 Å². The fourth-order valence-corrected chi connectivity index (χ4v) is 2.65. The van der Waals surface area contributed by atoms with Crippen LogP contribution in [-0.4, -0.2) is 23.7 Å². The summed E-state index contributed by atoms with van der Waals surface area (Å²) in [4.78, 5) is 42.2. The van der Waals surface area contributed by atoms with E-state index in [1.54, 1.807) is 37.4 Å². The number of nitrogens with two attached hydrogens (primary N) is 1. The summed E-state index contributed by atoms with van der Waals surface area (Å²) in [6.07, 6.45) is 1.41. The highest BCUT2D eigenvalue weighted by atomic mass is 16.7. The van der Waals surface area contributed by atoms with E-state index in [1.165, 1.54) is 30.5 Å². The predicted molar refractivity (Wildman–Crippen MR) is 107 cm³/mol. The van der Waals surface area contributed by atoms with E-state index < -0.39 is 17.4 Å². The normalized spacial score (nSPS) is 10.2. The molecule has 0 radical (unpaired) electrons. The molecule has 1 heterocycles. The first-order valence-corrected chi connectivity index (χ1v) is 8.67. The highest BCUT2D eigenvalue weighted by molar-refractivity contribution is 6.08. The van der Waals surface area contributed by atoms with Gasteiger partial charge in [-0.3, -0.25) is 14.4 Å². The number of rotatable bonds is 7. The molecule has 0 atom stereocenters. The molecule has 2 aromatic carbocycles. The Kier molecular flexibility index (Phi) is 5.94. The van der Waals surface area contributed by atoms with Gasteiger partial charge in [0.05, 0.1) is 18.4 Å². The average Bonchev–Trinajstić information content (AvgIpc) is 2.73. The van der Waals surface area contributed by atoms with Crippen LogP contribution in [0.15, 0.2) is 71.7 Å². The Bertz CT molecular complexity index is 1110. The number of nitrogens with zero attached hydrogens (tertiary/aromatic N) is 1. The molecule has 0 aliphatic carbocycles. The van der Waals surface area contributed by atoms with Crippen molar-refractivity contribution in [2.24, 2.45) is 5.73 Å². The molecular formula is C21H19N3O5. The van der Waals surface area contributed by atoms with Crippen LogP contribution in [0.1, 0.15) is 26.3 Å². The minimum absolute atomic E-state index is 0.104. The van der Waals surface area contributed by atoms with E-state index in [4.69, 9.17) is 15.3 Å². The van der Waals surface area contributed by atoms with Gasteiger partial charge in [0.15, 0.2) is 0 Å². The third-order valence-corrected chi connectivity index (χ3v) is 4.10. The number of nitrogens with one attached hydrogen (secondary N) is 1. The van der Waals surface area contributed by atoms with E-state index in [9.17, 15) is 14.4 Å². The third kappa shape index (κ3) is 4.62. The molecule has 0 unspecified atom stereocenters. The Morgan fingerprint density at radius 1 is 1.03 bits per heavy atom. The number of anilines is 1. The number of amides is 2. The summed E-state index contributed by atoms with van der Waals surface area (Å²) < 4.78 is 6.13. The number of hydrogen-bond donors (Lipinski definition) is 2. The van der Waals surface area contributed by atoms with Crippen molar-refractivity contribution >= 4 is 17.5 Å². The molecule has 0 aliphatic rings. The lowest BCUT2D eigenvalue weighted by molar-refractivity contribution is 0.0862. The van der Waals surface area contributed by atoms with Gasteiger partial charge in [-0.05, 0) is 42.0 Å². The molecule has 0 spiro atoms. The molecule has 3 rings (SSSR count). The van der Waals surface area contributed by atoms with Crippen LogP contribution in [0, 0.1) is 0 Å². The lowest BCUT2D eigenvalue weighted by Gasteiger charge is -2.11. The Balaban J connectivity index is 1.78. The standard InChI is InChI=1S/C21H19N3O5/c1-28-15-7-4-6-14(12-15)13-29-24-11-5-9-17(21(24)27)20(26)23-18-10-3-2-8-16(18)19(22)25/h2-12H,13H2,1H3,(H2,22,25)(H,23,26). The van der Waals surface area contributed by atoms with Gasteiger partial charge in [-0.1, -0.05) is 24.3 Å². The molecule has 3 aromatic rings. The second kappa shape index (κ2) is 8.75. The first-order valence-electron chi connectivity index (χ1n) is 8.67.